The summed E-state index contributed by atoms with van der Waals surface area (Å²) in [5.41, 5.74) is 7.05. The molecule has 1 aromatic carbocycles. The number of nitrogens with two attached hydrogens (primary N) is 1. The second kappa shape index (κ2) is 4.68. The van der Waals surface area contributed by atoms with Crippen molar-refractivity contribution in [2.45, 2.75) is 19.9 Å². The number of ether oxygens (including phenoxy) is 1. The molecule has 0 saturated carbocycles. The van der Waals surface area contributed by atoms with E-state index >= 15 is 0 Å². The van der Waals surface area contributed by atoms with Gasteiger partial charge in [0.2, 0.25) is 5.91 Å². The molecule has 4 nitrogen and oxygen atoms in total. The van der Waals surface area contributed by atoms with Crippen LogP contribution >= 0.6 is 0 Å². The Morgan fingerprint density at radius 3 is 2.73 bits per heavy atom. The Morgan fingerprint density at radius 2 is 2.20 bits per heavy atom. The Labute approximate surface area is 89.4 Å². The number of nitrogens with one attached hydrogen (secondary N) is 1. The number of amides is 1. The molecular formula is C11H16N2O2. The molecule has 0 aromatic heterocycles. The standard InChI is InChI=1S/C11H16N2O2/c1-7-4-5-10(15-3)9(6-7)13-8(2)11(12)14/h4-6,8,13H,1-3H3,(H2,12,14)/t8-/m1/s1. The summed E-state index contributed by atoms with van der Waals surface area (Å²) in [6, 6.07) is 5.29. The normalized spacial score (nSPS) is 11.9. The maximum absolute atomic E-state index is 10.9. The van der Waals surface area contributed by atoms with Crippen LogP contribution < -0.4 is 15.8 Å². The van der Waals surface area contributed by atoms with Crippen LogP contribution in [0, 0.1) is 6.92 Å². The van der Waals surface area contributed by atoms with E-state index in [0.29, 0.717) is 5.75 Å². The monoisotopic (exact) mass is 208 g/mol. The van der Waals surface area contributed by atoms with Gasteiger partial charge in [-0.1, -0.05) is 6.07 Å². The highest BCUT2D eigenvalue weighted by Crippen LogP contribution is 2.25. The summed E-state index contributed by atoms with van der Waals surface area (Å²) >= 11 is 0. The average molecular weight is 208 g/mol. The van der Waals surface area contributed by atoms with Crippen molar-refractivity contribution in [2.75, 3.05) is 12.4 Å². The molecule has 0 saturated heterocycles. The largest absolute Gasteiger partial charge is 0.495 e. The van der Waals surface area contributed by atoms with E-state index in [1.54, 1.807) is 14.0 Å². The molecule has 0 radical (unpaired) electrons. The number of methoxy groups -OCH3 is 1. The Kier molecular flexibility index (Phi) is 3.55. The predicted molar refractivity (Wildman–Crippen MR) is 60.0 cm³/mol. The second-order valence-electron chi connectivity index (χ2n) is 3.47. The molecule has 0 fully saturated rings. The van der Waals surface area contributed by atoms with E-state index in [9.17, 15) is 4.79 Å². The molecule has 1 aromatic rings. The van der Waals surface area contributed by atoms with Gasteiger partial charge in [0.15, 0.2) is 0 Å². The summed E-state index contributed by atoms with van der Waals surface area (Å²) in [6.45, 7) is 3.68. The second-order valence-corrected chi connectivity index (χ2v) is 3.47. The fraction of sp³-hybridized carbons (Fsp3) is 0.364. The van der Waals surface area contributed by atoms with Crippen LogP contribution in [0.25, 0.3) is 0 Å². The number of primary amides is 1. The SMILES string of the molecule is COc1ccc(C)cc1N[C@H](C)C(N)=O. The number of rotatable bonds is 4. The first-order valence-electron chi connectivity index (χ1n) is 4.75. The maximum atomic E-state index is 10.9. The zero-order chi connectivity index (χ0) is 11.4. The van der Waals surface area contributed by atoms with Gasteiger partial charge < -0.3 is 15.8 Å². The Hall–Kier alpha value is -1.71. The highest BCUT2D eigenvalue weighted by molar-refractivity contribution is 5.83. The number of benzene rings is 1. The number of anilines is 1. The van der Waals surface area contributed by atoms with Crippen LogP contribution in [0.4, 0.5) is 5.69 Å². The summed E-state index contributed by atoms with van der Waals surface area (Å²) in [5, 5.41) is 3.00. The number of aryl methyl sites for hydroxylation is 1. The van der Waals surface area contributed by atoms with Gasteiger partial charge in [-0.05, 0) is 31.5 Å². The third-order valence-corrected chi connectivity index (χ3v) is 2.15. The van der Waals surface area contributed by atoms with Crippen molar-refractivity contribution >= 4 is 11.6 Å². The highest BCUT2D eigenvalue weighted by Gasteiger charge is 2.10. The molecule has 3 N–H and O–H groups in total. The lowest BCUT2D eigenvalue weighted by Crippen LogP contribution is -2.32. The molecule has 0 unspecified atom stereocenters. The first-order valence-corrected chi connectivity index (χ1v) is 4.75. The van der Waals surface area contributed by atoms with E-state index in [1.165, 1.54) is 0 Å². The molecule has 15 heavy (non-hydrogen) atoms. The van der Waals surface area contributed by atoms with Crippen LogP contribution in [0.5, 0.6) is 5.75 Å². The highest BCUT2D eigenvalue weighted by atomic mass is 16.5. The summed E-state index contributed by atoms with van der Waals surface area (Å²) in [5.74, 6) is 0.312. The van der Waals surface area contributed by atoms with E-state index in [4.69, 9.17) is 10.5 Å². The minimum Gasteiger partial charge on any atom is -0.495 e. The minimum atomic E-state index is -0.416. The van der Waals surface area contributed by atoms with Gasteiger partial charge in [-0.15, -0.1) is 0 Å². The van der Waals surface area contributed by atoms with E-state index in [1.807, 2.05) is 25.1 Å². The van der Waals surface area contributed by atoms with Gasteiger partial charge >= 0.3 is 0 Å². The number of hydrogen-bond donors (Lipinski definition) is 2. The number of carbonyl (C=O) groups excluding carboxylic acids is 1. The summed E-state index contributed by atoms with van der Waals surface area (Å²) < 4.78 is 5.17. The van der Waals surface area contributed by atoms with E-state index in [0.717, 1.165) is 11.3 Å². The van der Waals surface area contributed by atoms with Crippen LogP contribution in [0.15, 0.2) is 18.2 Å². The van der Waals surface area contributed by atoms with Crippen molar-refractivity contribution < 1.29 is 9.53 Å². The first-order chi connectivity index (χ1) is 7.04. The van der Waals surface area contributed by atoms with Crippen LogP contribution in [0.3, 0.4) is 0 Å². The third kappa shape index (κ3) is 2.87. The van der Waals surface area contributed by atoms with Gasteiger partial charge in [0, 0.05) is 0 Å². The van der Waals surface area contributed by atoms with Crippen molar-refractivity contribution in [3.05, 3.63) is 23.8 Å². The van der Waals surface area contributed by atoms with Gasteiger partial charge in [0.05, 0.1) is 12.8 Å². The fourth-order valence-corrected chi connectivity index (χ4v) is 1.24. The first kappa shape index (κ1) is 11.4. The Bertz CT molecular complexity index is 364. The molecular weight excluding hydrogens is 192 g/mol. The Morgan fingerprint density at radius 1 is 1.53 bits per heavy atom. The molecule has 1 atom stereocenters. The van der Waals surface area contributed by atoms with Gasteiger partial charge in [-0.3, -0.25) is 4.79 Å². The van der Waals surface area contributed by atoms with Crippen molar-refractivity contribution in [1.29, 1.82) is 0 Å². The van der Waals surface area contributed by atoms with Crippen LogP contribution in [-0.2, 0) is 4.79 Å². The molecule has 0 heterocycles. The zero-order valence-electron chi connectivity index (χ0n) is 9.20. The number of hydrogen-bond acceptors (Lipinski definition) is 3. The van der Waals surface area contributed by atoms with Crippen LogP contribution in [0.2, 0.25) is 0 Å². The van der Waals surface area contributed by atoms with Crippen molar-refractivity contribution in [3.8, 4) is 5.75 Å². The topological polar surface area (TPSA) is 64.3 Å². The molecule has 0 spiro atoms. The minimum absolute atomic E-state index is 0.390. The van der Waals surface area contributed by atoms with Crippen molar-refractivity contribution in [1.82, 2.24) is 0 Å². The molecule has 82 valence electrons. The summed E-state index contributed by atoms with van der Waals surface area (Å²) in [4.78, 5) is 10.9. The molecule has 0 aliphatic rings. The fourth-order valence-electron chi connectivity index (χ4n) is 1.24. The molecule has 0 aliphatic heterocycles. The molecule has 0 bridgehead atoms. The summed E-state index contributed by atoms with van der Waals surface area (Å²) in [6.07, 6.45) is 0. The quantitative estimate of drug-likeness (QED) is 0.783. The lowest BCUT2D eigenvalue weighted by Gasteiger charge is -2.15. The molecule has 1 amide bonds. The van der Waals surface area contributed by atoms with E-state index in [2.05, 4.69) is 5.32 Å². The van der Waals surface area contributed by atoms with Crippen LogP contribution in [0.1, 0.15) is 12.5 Å². The number of carbonyl (C=O) groups is 1. The lowest BCUT2D eigenvalue weighted by molar-refractivity contribution is -0.118. The molecule has 0 aliphatic carbocycles. The van der Waals surface area contributed by atoms with Crippen LogP contribution in [-0.4, -0.2) is 19.1 Å². The third-order valence-electron chi connectivity index (χ3n) is 2.15. The maximum Gasteiger partial charge on any atom is 0.239 e. The lowest BCUT2D eigenvalue weighted by atomic mass is 10.2. The smallest absolute Gasteiger partial charge is 0.239 e. The average Bonchev–Trinajstić information content (AvgIpc) is 2.18. The van der Waals surface area contributed by atoms with Gasteiger partial charge in [-0.25, -0.2) is 0 Å². The van der Waals surface area contributed by atoms with E-state index < -0.39 is 11.9 Å². The molecule has 4 heteroatoms. The summed E-state index contributed by atoms with van der Waals surface area (Å²) in [7, 11) is 1.59. The van der Waals surface area contributed by atoms with Gasteiger partial charge in [0.25, 0.3) is 0 Å². The molecule has 1 rings (SSSR count). The van der Waals surface area contributed by atoms with Gasteiger partial charge in [-0.2, -0.15) is 0 Å². The van der Waals surface area contributed by atoms with E-state index in [-0.39, 0.29) is 0 Å². The predicted octanol–water partition coefficient (Wildman–Crippen LogP) is 1.29. The van der Waals surface area contributed by atoms with Crippen molar-refractivity contribution in [2.24, 2.45) is 5.73 Å². The van der Waals surface area contributed by atoms with Gasteiger partial charge in [0.1, 0.15) is 11.8 Å². The van der Waals surface area contributed by atoms with Crippen molar-refractivity contribution in [3.63, 3.8) is 0 Å². The Balaban J connectivity index is 2.91. The zero-order valence-corrected chi connectivity index (χ0v) is 9.20.